The van der Waals surface area contributed by atoms with Crippen molar-refractivity contribution in [2.45, 2.75) is 39.4 Å². The van der Waals surface area contributed by atoms with Gasteiger partial charge in [-0.3, -0.25) is 0 Å². The van der Waals surface area contributed by atoms with E-state index in [4.69, 9.17) is 14.2 Å². The average Bonchev–Trinajstić information content (AvgIpc) is 2.22. The molecule has 0 radical (unpaired) electrons. The fraction of sp³-hybridized carbons (Fsp3) is 0.750. The number of methoxy groups -OCH3 is 1. The van der Waals surface area contributed by atoms with Crippen molar-refractivity contribution in [1.82, 2.24) is 0 Å². The predicted octanol–water partition coefficient (Wildman–Crippen LogP) is 2.29. The number of esters is 1. The Labute approximate surface area is 97.6 Å². The van der Waals surface area contributed by atoms with Crippen LogP contribution in [0.1, 0.15) is 33.6 Å². The molecule has 0 spiro atoms. The highest BCUT2D eigenvalue weighted by molar-refractivity contribution is 5.86. The van der Waals surface area contributed by atoms with Gasteiger partial charge in [0, 0.05) is 12.7 Å². The first-order valence-electron chi connectivity index (χ1n) is 5.41. The Balaban J connectivity index is 3.41. The van der Waals surface area contributed by atoms with Gasteiger partial charge < -0.3 is 14.2 Å². The van der Waals surface area contributed by atoms with Crippen molar-refractivity contribution in [3.8, 4) is 0 Å². The molecule has 94 valence electrons. The minimum Gasteiger partial charge on any atom is -0.462 e. The van der Waals surface area contributed by atoms with Gasteiger partial charge in [0.05, 0.1) is 13.2 Å². The second-order valence-electron chi connectivity index (χ2n) is 4.08. The number of unbranched alkanes of at least 4 members (excludes halogenated alkanes) is 1. The molecule has 0 amide bonds. The largest absolute Gasteiger partial charge is 0.462 e. The van der Waals surface area contributed by atoms with Crippen LogP contribution in [0.3, 0.4) is 0 Å². The third-order valence-corrected chi connectivity index (χ3v) is 2.06. The Kier molecular flexibility index (Phi) is 7.01. The molecule has 0 aromatic rings. The van der Waals surface area contributed by atoms with Crippen LogP contribution in [0.4, 0.5) is 0 Å². The first-order valence-corrected chi connectivity index (χ1v) is 5.41. The second-order valence-corrected chi connectivity index (χ2v) is 4.08. The average molecular weight is 230 g/mol. The Morgan fingerprint density at radius 3 is 2.31 bits per heavy atom. The van der Waals surface area contributed by atoms with Crippen LogP contribution in [0.2, 0.25) is 0 Å². The SMILES string of the molecule is C=C(C)C(=O)OCCCCOC(C)(C)OC. The molecular formula is C12H22O4. The molecule has 0 saturated carbocycles. The summed E-state index contributed by atoms with van der Waals surface area (Å²) in [6, 6.07) is 0. The molecule has 0 aromatic carbocycles. The van der Waals surface area contributed by atoms with Gasteiger partial charge in [-0.25, -0.2) is 4.79 Å². The van der Waals surface area contributed by atoms with Crippen LogP contribution in [0.25, 0.3) is 0 Å². The van der Waals surface area contributed by atoms with Gasteiger partial charge >= 0.3 is 5.97 Å². The highest BCUT2D eigenvalue weighted by atomic mass is 16.7. The summed E-state index contributed by atoms with van der Waals surface area (Å²) in [6.07, 6.45) is 1.61. The predicted molar refractivity (Wildman–Crippen MR) is 62.0 cm³/mol. The quantitative estimate of drug-likeness (QED) is 0.278. The molecule has 0 aliphatic heterocycles. The summed E-state index contributed by atoms with van der Waals surface area (Å²) in [5, 5.41) is 0. The normalized spacial score (nSPS) is 11.2. The molecule has 0 aliphatic rings. The van der Waals surface area contributed by atoms with E-state index in [1.807, 2.05) is 13.8 Å². The molecule has 4 heteroatoms. The van der Waals surface area contributed by atoms with Crippen LogP contribution in [-0.2, 0) is 19.0 Å². The van der Waals surface area contributed by atoms with Crippen molar-refractivity contribution in [3.05, 3.63) is 12.2 Å². The molecule has 4 nitrogen and oxygen atoms in total. The van der Waals surface area contributed by atoms with Crippen molar-refractivity contribution in [2.24, 2.45) is 0 Å². The second kappa shape index (κ2) is 7.41. The standard InChI is InChI=1S/C12H22O4/c1-10(2)11(13)15-8-6-7-9-16-12(3,4)14-5/h1,6-9H2,2-5H3. The lowest BCUT2D eigenvalue weighted by atomic mass is 10.3. The van der Waals surface area contributed by atoms with E-state index in [-0.39, 0.29) is 5.97 Å². The summed E-state index contributed by atoms with van der Waals surface area (Å²) in [6.45, 7) is 9.83. The summed E-state index contributed by atoms with van der Waals surface area (Å²) in [5.41, 5.74) is 0.428. The Bertz CT molecular complexity index is 233. The van der Waals surface area contributed by atoms with E-state index in [2.05, 4.69) is 6.58 Å². The van der Waals surface area contributed by atoms with E-state index in [0.29, 0.717) is 18.8 Å². The van der Waals surface area contributed by atoms with E-state index >= 15 is 0 Å². The van der Waals surface area contributed by atoms with E-state index in [1.165, 1.54) is 0 Å². The summed E-state index contributed by atoms with van der Waals surface area (Å²) < 4.78 is 15.5. The maximum Gasteiger partial charge on any atom is 0.333 e. The number of ether oxygens (including phenoxy) is 3. The fourth-order valence-electron chi connectivity index (χ4n) is 0.869. The number of carbonyl (C=O) groups is 1. The number of hydrogen-bond acceptors (Lipinski definition) is 4. The minimum absolute atomic E-state index is 0.335. The van der Waals surface area contributed by atoms with E-state index in [9.17, 15) is 4.79 Å². The summed E-state index contributed by atoms with van der Waals surface area (Å²) in [5.74, 6) is -0.882. The summed E-state index contributed by atoms with van der Waals surface area (Å²) in [7, 11) is 1.61. The van der Waals surface area contributed by atoms with Crippen molar-refractivity contribution < 1.29 is 19.0 Å². The van der Waals surface area contributed by atoms with Gasteiger partial charge in [-0.1, -0.05) is 6.58 Å². The molecule has 0 fully saturated rings. The van der Waals surface area contributed by atoms with Crippen molar-refractivity contribution in [1.29, 1.82) is 0 Å². The molecular weight excluding hydrogens is 208 g/mol. The first-order chi connectivity index (χ1) is 7.39. The molecule has 0 atom stereocenters. The van der Waals surface area contributed by atoms with Crippen LogP contribution < -0.4 is 0 Å². The summed E-state index contributed by atoms with van der Waals surface area (Å²) >= 11 is 0. The first kappa shape index (κ1) is 15.1. The molecule has 0 aliphatic carbocycles. The van der Waals surface area contributed by atoms with Gasteiger partial charge in [0.2, 0.25) is 0 Å². The molecule has 0 saturated heterocycles. The lowest BCUT2D eigenvalue weighted by Crippen LogP contribution is -2.27. The summed E-state index contributed by atoms with van der Waals surface area (Å²) in [4.78, 5) is 11.0. The van der Waals surface area contributed by atoms with Gasteiger partial charge in [0.25, 0.3) is 0 Å². The zero-order valence-corrected chi connectivity index (χ0v) is 10.7. The van der Waals surface area contributed by atoms with Gasteiger partial charge in [-0.15, -0.1) is 0 Å². The van der Waals surface area contributed by atoms with Crippen molar-refractivity contribution in [3.63, 3.8) is 0 Å². The van der Waals surface area contributed by atoms with Gasteiger partial charge in [-0.2, -0.15) is 0 Å². The Morgan fingerprint density at radius 1 is 1.25 bits per heavy atom. The molecule has 0 unspecified atom stereocenters. The van der Waals surface area contributed by atoms with Crippen LogP contribution >= 0.6 is 0 Å². The van der Waals surface area contributed by atoms with E-state index < -0.39 is 5.79 Å². The van der Waals surface area contributed by atoms with Crippen LogP contribution in [0, 0.1) is 0 Å². The van der Waals surface area contributed by atoms with Crippen LogP contribution in [0.5, 0.6) is 0 Å². The molecule has 0 bridgehead atoms. The van der Waals surface area contributed by atoms with Gasteiger partial charge in [-0.05, 0) is 33.6 Å². The maximum atomic E-state index is 11.0. The lowest BCUT2D eigenvalue weighted by Gasteiger charge is -2.23. The number of carbonyl (C=O) groups excluding carboxylic acids is 1. The molecule has 0 N–H and O–H groups in total. The Morgan fingerprint density at radius 2 is 1.81 bits per heavy atom. The third kappa shape index (κ3) is 7.43. The molecule has 16 heavy (non-hydrogen) atoms. The maximum absolute atomic E-state index is 11.0. The van der Waals surface area contributed by atoms with Crippen LogP contribution in [-0.4, -0.2) is 32.1 Å². The smallest absolute Gasteiger partial charge is 0.333 e. The van der Waals surface area contributed by atoms with E-state index in [0.717, 1.165) is 12.8 Å². The highest BCUT2D eigenvalue weighted by Crippen LogP contribution is 2.10. The molecule has 0 rings (SSSR count). The van der Waals surface area contributed by atoms with Crippen molar-refractivity contribution in [2.75, 3.05) is 20.3 Å². The lowest BCUT2D eigenvalue weighted by molar-refractivity contribution is -0.197. The number of rotatable bonds is 8. The van der Waals surface area contributed by atoms with Gasteiger partial charge in [0.1, 0.15) is 0 Å². The topological polar surface area (TPSA) is 44.8 Å². The number of hydrogen-bond donors (Lipinski definition) is 0. The van der Waals surface area contributed by atoms with E-state index in [1.54, 1.807) is 14.0 Å². The molecule has 0 heterocycles. The Hall–Kier alpha value is -0.870. The highest BCUT2D eigenvalue weighted by Gasteiger charge is 2.15. The zero-order chi connectivity index (χ0) is 12.6. The van der Waals surface area contributed by atoms with Crippen LogP contribution in [0.15, 0.2) is 12.2 Å². The zero-order valence-electron chi connectivity index (χ0n) is 10.7. The fourth-order valence-corrected chi connectivity index (χ4v) is 0.869. The molecule has 0 aromatic heterocycles. The monoisotopic (exact) mass is 230 g/mol. The minimum atomic E-state index is -0.547. The van der Waals surface area contributed by atoms with Crippen molar-refractivity contribution >= 4 is 5.97 Å². The van der Waals surface area contributed by atoms with Gasteiger partial charge in [0.15, 0.2) is 5.79 Å². The third-order valence-electron chi connectivity index (χ3n) is 2.06.